The van der Waals surface area contributed by atoms with Gasteiger partial charge in [0.1, 0.15) is 0 Å². The predicted molar refractivity (Wildman–Crippen MR) is 104 cm³/mol. The van der Waals surface area contributed by atoms with Crippen LogP contribution in [0.3, 0.4) is 0 Å². The average Bonchev–Trinajstić information content (AvgIpc) is 2.70. The third-order valence-corrected chi connectivity index (χ3v) is 7.00. The number of anilines is 1. The van der Waals surface area contributed by atoms with Gasteiger partial charge in [-0.25, -0.2) is 4.98 Å². The molecule has 1 aromatic rings. The molecule has 1 aromatic heterocycles. The van der Waals surface area contributed by atoms with Gasteiger partial charge in [-0.1, -0.05) is 13.8 Å². The molecule has 1 aliphatic carbocycles. The molecule has 2 heterocycles. The van der Waals surface area contributed by atoms with Crippen molar-refractivity contribution < 1.29 is 14.3 Å². The Kier molecular flexibility index (Phi) is 5.34. The Morgan fingerprint density at radius 1 is 1.26 bits per heavy atom. The van der Waals surface area contributed by atoms with E-state index in [0.29, 0.717) is 11.8 Å². The molecule has 0 aromatic carbocycles. The summed E-state index contributed by atoms with van der Waals surface area (Å²) in [6, 6.07) is 1.96. The Labute approximate surface area is 162 Å². The van der Waals surface area contributed by atoms with Crippen LogP contribution in [-0.4, -0.2) is 66.8 Å². The van der Waals surface area contributed by atoms with Gasteiger partial charge in [-0.05, 0) is 26.2 Å². The van der Waals surface area contributed by atoms with Crippen LogP contribution in [-0.2, 0) is 9.53 Å². The summed E-state index contributed by atoms with van der Waals surface area (Å²) in [6.07, 6.45) is 4.23. The number of carbonyl (C=O) groups is 1. The Bertz CT molecular complexity index is 688. The number of hydrogen-bond acceptors (Lipinski definition) is 6. The van der Waals surface area contributed by atoms with E-state index in [0.717, 1.165) is 32.4 Å². The molecule has 1 saturated carbocycles. The molecule has 2 aliphatic rings. The van der Waals surface area contributed by atoms with Gasteiger partial charge in [-0.3, -0.25) is 4.79 Å². The molecule has 27 heavy (non-hydrogen) atoms. The number of carbonyl (C=O) groups excluding carboxylic acids is 1. The molecule has 0 radical (unpaired) electrons. The number of nitrogens with zero attached hydrogens (tertiary/aromatic N) is 4. The van der Waals surface area contributed by atoms with Gasteiger partial charge in [0.15, 0.2) is 0 Å². The first kappa shape index (κ1) is 19.9. The van der Waals surface area contributed by atoms with E-state index in [4.69, 9.17) is 9.47 Å². The van der Waals surface area contributed by atoms with Crippen LogP contribution in [0.25, 0.3) is 0 Å². The first-order valence-corrected chi connectivity index (χ1v) is 9.67. The summed E-state index contributed by atoms with van der Waals surface area (Å²) < 4.78 is 10.9. The maximum atomic E-state index is 13.1. The van der Waals surface area contributed by atoms with E-state index < -0.39 is 0 Å². The van der Waals surface area contributed by atoms with Crippen molar-refractivity contribution in [1.82, 2.24) is 14.9 Å². The summed E-state index contributed by atoms with van der Waals surface area (Å²) in [5, 5.41) is 0. The summed E-state index contributed by atoms with van der Waals surface area (Å²) in [6.45, 7) is 8.07. The fraction of sp³-hybridized carbons (Fsp3) is 0.750. The third-order valence-electron chi connectivity index (χ3n) is 7.00. The van der Waals surface area contributed by atoms with Crippen molar-refractivity contribution in [3.63, 3.8) is 0 Å². The maximum absolute atomic E-state index is 13.1. The van der Waals surface area contributed by atoms with Crippen LogP contribution in [0, 0.1) is 11.3 Å². The van der Waals surface area contributed by atoms with Crippen molar-refractivity contribution in [1.29, 1.82) is 0 Å². The van der Waals surface area contributed by atoms with Crippen LogP contribution >= 0.6 is 0 Å². The lowest BCUT2D eigenvalue weighted by atomic mass is 9.55. The average molecular weight is 377 g/mol. The fourth-order valence-electron chi connectivity index (χ4n) is 4.44. The second-order valence-corrected chi connectivity index (χ2v) is 8.49. The van der Waals surface area contributed by atoms with Gasteiger partial charge < -0.3 is 19.3 Å². The fourth-order valence-corrected chi connectivity index (χ4v) is 4.44. The molecule has 7 heteroatoms. The van der Waals surface area contributed by atoms with Gasteiger partial charge in [0.2, 0.25) is 17.7 Å². The van der Waals surface area contributed by atoms with Gasteiger partial charge in [0.05, 0.1) is 12.7 Å². The first-order chi connectivity index (χ1) is 12.7. The highest BCUT2D eigenvalue weighted by Crippen LogP contribution is 2.53. The van der Waals surface area contributed by atoms with Gasteiger partial charge in [0.25, 0.3) is 0 Å². The van der Waals surface area contributed by atoms with Crippen molar-refractivity contribution in [2.45, 2.75) is 51.7 Å². The number of amides is 1. The van der Waals surface area contributed by atoms with Crippen LogP contribution in [0.4, 0.5) is 5.95 Å². The van der Waals surface area contributed by atoms with Crippen LogP contribution in [0.2, 0.25) is 0 Å². The minimum Gasteiger partial charge on any atom is -0.481 e. The molecule has 150 valence electrons. The molecule has 3 rings (SSSR count). The Balaban J connectivity index is 1.59. The van der Waals surface area contributed by atoms with Gasteiger partial charge >= 0.3 is 0 Å². The van der Waals surface area contributed by atoms with Crippen LogP contribution < -0.4 is 9.64 Å². The topological polar surface area (TPSA) is 67.8 Å². The predicted octanol–water partition coefficient (Wildman–Crippen LogP) is 2.36. The van der Waals surface area contributed by atoms with Crippen molar-refractivity contribution in [3.05, 3.63) is 12.3 Å². The molecule has 0 unspecified atom stereocenters. The maximum Gasteiger partial charge on any atom is 0.228 e. The molecule has 7 nitrogen and oxygen atoms in total. The van der Waals surface area contributed by atoms with Gasteiger partial charge in [-0.2, -0.15) is 4.98 Å². The van der Waals surface area contributed by atoms with E-state index >= 15 is 0 Å². The van der Waals surface area contributed by atoms with E-state index in [1.807, 2.05) is 11.9 Å². The number of aromatic nitrogens is 2. The molecule has 0 bridgehead atoms. The molecule has 0 spiro atoms. The summed E-state index contributed by atoms with van der Waals surface area (Å²) in [5.74, 6) is 1.54. The second-order valence-electron chi connectivity index (χ2n) is 8.49. The number of rotatable bonds is 5. The van der Waals surface area contributed by atoms with Crippen molar-refractivity contribution in [2.24, 2.45) is 11.3 Å². The van der Waals surface area contributed by atoms with Crippen LogP contribution in [0.1, 0.15) is 40.0 Å². The molecule has 1 aliphatic heterocycles. The molecule has 2 fully saturated rings. The van der Waals surface area contributed by atoms with Crippen molar-refractivity contribution >= 4 is 11.9 Å². The Hall–Kier alpha value is -1.89. The summed E-state index contributed by atoms with van der Waals surface area (Å²) in [5.41, 5.74) is -0.222. The van der Waals surface area contributed by atoms with Gasteiger partial charge in [0, 0.05) is 56.9 Å². The smallest absolute Gasteiger partial charge is 0.228 e. The quantitative estimate of drug-likeness (QED) is 0.786. The lowest BCUT2D eigenvalue weighted by Crippen LogP contribution is -2.69. The van der Waals surface area contributed by atoms with E-state index in [-0.39, 0.29) is 28.9 Å². The van der Waals surface area contributed by atoms with Crippen molar-refractivity contribution in [2.75, 3.05) is 39.3 Å². The highest BCUT2D eigenvalue weighted by Gasteiger charge is 2.60. The van der Waals surface area contributed by atoms with Gasteiger partial charge in [-0.15, -0.1) is 0 Å². The Morgan fingerprint density at radius 2 is 1.93 bits per heavy atom. The molecular weight excluding hydrogens is 344 g/mol. The monoisotopic (exact) mass is 376 g/mol. The van der Waals surface area contributed by atoms with Crippen molar-refractivity contribution in [3.8, 4) is 5.88 Å². The zero-order valence-corrected chi connectivity index (χ0v) is 17.4. The normalized spacial score (nSPS) is 27.8. The molecular formula is C20H32N4O3. The summed E-state index contributed by atoms with van der Waals surface area (Å²) >= 11 is 0. The molecule has 1 saturated heterocycles. The highest BCUT2D eigenvalue weighted by atomic mass is 16.5. The summed E-state index contributed by atoms with van der Waals surface area (Å²) in [4.78, 5) is 25.9. The number of methoxy groups -OCH3 is 2. The second kappa shape index (κ2) is 7.26. The molecule has 1 amide bonds. The van der Waals surface area contributed by atoms with E-state index in [9.17, 15) is 4.79 Å². The minimum atomic E-state index is -0.167. The zero-order valence-electron chi connectivity index (χ0n) is 17.4. The number of hydrogen-bond donors (Lipinski definition) is 0. The zero-order chi connectivity index (χ0) is 19.8. The Morgan fingerprint density at radius 3 is 2.48 bits per heavy atom. The molecule has 2 atom stereocenters. The van der Waals surface area contributed by atoms with Crippen LogP contribution in [0.15, 0.2) is 12.3 Å². The van der Waals surface area contributed by atoms with E-state index in [1.54, 1.807) is 26.5 Å². The standard InChI is InChI=1S/C20H32N4O3/c1-19(2)15(13-20(19,3)27-6)23(4)17(25)14-8-11-24(12-9-14)18-21-10-7-16(22-18)26-5/h7,10,14-15H,8-9,11-13H2,1-6H3/t15-,20+/m0/s1. The lowest BCUT2D eigenvalue weighted by Gasteiger charge is -2.61. The largest absolute Gasteiger partial charge is 0.481 e. The van der Waals surface area contributed by atoms with E-state index in [2.05, 4.69) is 35.6 Å². The SMILES string of the molecule is COc1ccnc(N2CCC(C(=O)N(C)[C@H]3C[C@@](C)(OC)C3(C)C)CC2)n1. The molecule has 0 N–H and O–H groups in total. The lowest BCUT2D eigenvalue weighted by molar-refractivity contribution is -0.208. The summed E-state index contributed by atoms with van der Waals surface area (Å²) in [7, 11) is 5.31. The number of ether oxygens (including phenoxy) is 2. The minimum absolute atomic E-state index is 0.0543. The third kappa shape index (κ3) is 3.37. The highest BCUT2D eigenvalue weighted by molar-refractivity contribution is 5.79. The first-order valence-electron chi connectivity index (χ1n) is 9.67. The van der Waals surface area contributed by atoms with Crippen LogP contribution in [0.5, 0.6) is 5.88 Å². The number of piperidine rings is 1. The van der Waals surface area contributed by atoms with E-state index in [1.165, 1.54) is 0 Å².